The van der Waals surface area contributed by atoms with Crippen LogP contribution in [0.25, 0.3) is 0 Å². The Hall–Kier alpha value is -1.94. The molecule has 0 aromatic heterocycles. The molecule has 0 unspecified atom stereocenters. The molecule has 0 spiro atoms. The van der Waals surface area contributed by atoms with Gasteiger partial charge in [-0.2, -0.15) is 0 Å². The topological polar surface area (TPSA) is 51.2 Å². The lowest BCUT2D eigenvalue weighted by Gasteiger charge is -2.04. The molecular formula is C17H16O3S. The number of benzene rings is 2. The van der Waals surface area contributed by atoms with Crippen molar-refractivity contribution in [1.29, 1.82) is 0 Å². The van der Waals surface area contributed by atoms with Gasteiger partial charge in [0.2, 0.25) is 0 Å². The summed E-state index contributed by atoms with van der Waals surface area (Å²) >= 11 is 0. The summed E-state index contributed by atoms with van der Waals surface area (Å²) < 4.78 is 25.4. The first-order valence-corrected chi connectivity index (χ1v) is 8.41. The molecule has 3 rings (SSSR count). The first kappa shape index (κ1) is 14.0. The number of carbonyl (C=O) groups is 1. The second-order valence-electron chi connectivity index (χ2n) is 5.47. The van der Waals surface area contributed by atoms with Crippen molar-refractivity contribution >= 4 is 16.1 Å². The van der Waals surface area contributed by atoms with E-state index in [1.165, 1.54) is 0 Å². The second-order valence-corrected chi connectivity index (χ2v) is 7.58. The summed E-state index contributed by atoms with van der Waals surface area (Å²) in [5, 5.41) is -0.639. The lowest BCUT2D eigenvalue weighted by atomic mass is 10.1. The van der Waals surface area contributed by atoms with E-state index in [4.69, 9.17) is 0 Å². The van der Waals surface area contributed by atoms with Crippen LogP contribution in [-0.4, -0.2) is 20.0 Å². The highest BCUT2D eigenvalue weighted by molar-refractivity contribution is 7.92. The van der Waals surface area contributed by atoms with E-state index in [2.05, 4.69) is 0 Å². The molecule has 21 heavy (non-hydrogen) atoms. The molecule has 1 saturated carbocycles. The number of carbonyl (C=O) groups excluding carboxylic acids is 1. The zero-order chi connectivity index (χ0) is 15.0. The van der Waals surface area contributed by atoms with Gasteiger partial charge in [0.05, 0.1) is 10.1 Å². The molecule has 0 radical (unpaired) electrons. The van der Waals surface area contributed by atoms with Crippen molar-refractivity contribution in [3.05, 3.63) is 65.7 Å². The van der Waals surface area contributed by atoms with Gasteiger partial charge in [-0.25, -0.2) is 8.42 Å². The Labute approximate surface area is 124 Å². The highest BCUT2D eigenvalue weighted by Crippen LogP contribution is 2.52. The molecule has 2 aromatic rings. The Bertz CT molecular complexity index is 748. The highest BCUT2D eigenvalue weighted by Gasteiger charge is 2.58. The van der Waals surface area contributed by atoms with Gasteiger partial charge in [-0.15, -0.1) is 0 Å². The van der Waals surface area contributed by atoms with Gasteiger partial charge >= 0.3 is 0 Å². The summed E-state index contributed by atoms with van der Waals surface area (Å²) in [6, 6.07) is 16.2. The highest BCUT2D eigenvalue weighted by atomic mass is 32.2. The number of rotatable bonds is 4. The Kier molecular flexibility index (Phi) is 3.41. The predicted octanol–water partition coefficient (Wildman–Crippen LogP) is 2.75. The molecule has 0 saturated heterocycles. The lowest BCUT2D eigenvalue weighted by molar-refractivity contribution is -0.108. The van der Waals surface area contributed by atoms with E-state index in [-0.39, 0.29) is 5.92 Å². The summed E-state index contributed by atoms with van der Waals surface area (Å²) in [6.45, 7) is 1.91. The van der Waals surface area contributed by atoms with Crippen molar-refractivity contribution in [2.45, 2.75) is 23.0 Å². The third kappa shape index (κ3) is 2.40. The molecule has 2 aromatic carbocycles. The summed E-state index contributed by atoms with van der Waals surface area (Å²) in [4.78, 5) is 11.5. The molecule has 0 N–H and O–H groups in total. The first-order chi connectivity index (χ1) is 10.1. The molecule has 1 aliphatic rings. The molecule has 1 fully saturated rings. The Morgan fingerprint density at radius 2 is 1.57 bits per heavy atom. The second kappa shape index (κ2) is 5.11. The van der Waals surface area contributed by atoms with Gasteiger partial charge in [-0.1, -0.05) is 48.0 Å². The Morgan fingerprint density at radius 1 is 0.952 bits per heavy atom. The monoisotopic (exact) mass is 300 g/mol. The van der Waals surface area contributed by atoms with Crippen LogP contribution in [0.2, 0.25) is 0 Å². The minimum Gasteiger partial charge on any atom is -0.303 e. The molecule has 108 valence electrons. The van der Waals surface area contributed by atoms with Gasteiger partial charge in [-0.3, -0.25) is 0 Å². The fraction of sp³-hybridized carbons (Fsp3) is 0.235. The normalized spacial score (nSPS) is 24.5. The van der Waals surface area contributed by atoms with E-state index in [0.29, 0.717) is 4.90 Å². The van der Waals surface area contributed by atoms with Crippen LogP contribution in [0.15, 0.2) is 59.5 Å². The summed E-state index contributed by atoms with van der Waals surface area (Å²) in [5.74, 6) is -0.672. The number of aldehydes is 1. The van der Waals surface area contributed by atoms with E-state index in [9.17, 15) is 13.2 Å². The molecule has 3 nitrogen and oxygen atoms in total. The quantitative estimate of drug-likeness (QED) is 0.816. The van der Waals surface area contributed by atoms with Gasteiger partial charge in [0.1, 0.15) is 6.29 Å². The zero-order valence-corrected chi connectivity index (χ0v) is 12.5. The van der Waals surface area contributed by atoms with Crippen LogP contribution >= 0.6 is 0 Å². The van der Waals surface area contributed by atoms with E-state index in [1.54, 1.807) is 24.3 Å². The number of hydrogen-bond donors (Lipinski definition) is 0. The van der Waals surface area contributed by atoms with Crippen LogP contribution in [0.3, 0.4) is 0 Å². The molecule has 0 amide bonds. The maximum absolute atomic E-state index is 12.7. The molecule has 4 heteroatoms. The molecule has 0 aliphatic heterocycles. The minimum atomic E-state index is -3.47. The third-order valence-corrected chi connectivity index (χ3v) is 6.31. The lowest BCUT2D eigenvalue weighted by Crippen LogP contribution is -2.11. The average Bonchev–Trinajstić information content (AvgIpc) is 3.24. The standard InChI is InChI=1S/C17H16O3S/c1-12-7-9-14(10-8-12)21(19,20)17-15(11-18)16(17)13-5-3-2-4-6-13/h2-11,15-17H,1H3/t15-,16+,17+/m0/s1. The Balaban J connectivity index is 1.96. The van der Waals surface area contributed by atoms with E-state index < -0.39 is 21.0 Å². The zero-order valence-electron chi connectivity index (χ0n) is 11.6. The molecular weight excluding hydrogens is 284 g/mol. The van der Waals surface area contributed by atoms with Crippen LogP contribution in [0, 0.1) is 12.8 Å². The largest absolute Gasteiger partial charge is 0.303 e. The smallest absolute Gasteiger partial charge is 0.182 e. The number of sulfone groups is 1. The third-order valence-electron chi connectivity index (χ3n) is 4.06. The van der Waals surface area contributed by atoms with Gasteiger partial charge in [0.15, 0.2) is 9.84 Å². The van der Waals surface area contributed by atoms with Crippen molar-refractivity contribution in [2.24, 2.45) is 5.92 Å². The van der Waals surface area contributed by atoms with Crippen LogP contribution < -0.4 is 0 Å². The van der Waals surface area contributed by atoms with Crippen molar-refractivity contribution in [2.75, 3.05) is 0 Å². The van der Waals surface area contributed by atoms with Crippen molar-refractivity contribution in [1.82, 2.24) is 0 Å². The fourth-order valence-electron chi connectivity index (χ4n) is 2.84. The first-order valence-electron chi connectivity index (χ1n) is 6.86. The molecule has 0 heterocycles. The van der Waals surface area contributed by atoms with Gasteiger partial charge < -0.3 is 4.79 Å². The van der Waals surface area contributed by atoms with Crippen LogP contribution in [0.5, 0.6) is 0 Å². The molecule has 0 bridgehead atoms. The summed E-state index contributed by atoms with van der Waals surface area (Å²) in [7, 11) is -3.47. The van der Waals surface area contributed by atoms with Crippen LogP contribution in [0.4, 0.5) is 0 Å². The van der Waals surface area contributed by atoms with E-state index >= 15 is 0 Å². The predicted molar refractivity (Wildman–Crippen MR) is 80.9 cm³/mol. The maximum Gasteiger partial charge on any atom is 0.182 e. The summed E-state index contributed by atoms with van der Waals surface area (Å²) in [6.07, 6.45) is 0.772. The van der Waals surface area contributed by atoms with Crippen molar-refractivity contribution in [3.63, 3.8) is 0 Å². The SMILES string of the molecule is Cc1ccc(S(=O)(=O)[C@@H]2[C@@H](C=O)[C@H]2c2ccccc2)cc1. The van der Waals surface area contributed by atoms with Crippen molar-refractivity contribution < 1.29 is 13.2 Å². The maximum atomic E-state index is 12.7. The Morgan fingerprint density at radius 3 is 2.14 bits per heavy atom. The minimum absolute atomic E-state index is 0.227. The van der Waals surface area contributed by atoms with Crippen LogP contribution in [-0.2, 0) is 14.6 Å². The van der Waals surface area contributed by atoms with E-state index in [0.717, 1.165) is 17.4 Å². The summed E-state index contributed by atoms with van der Waals surface area (Å²) in [5.41, 5.74) is 1.92. The van der Waals surface area contributed by atoms with Gasteiger partial charge in [0, 0.05) is 11.8 Å². The van der Waals surface area contributed by atoms with Gasteiger partial charge in [-0.05, 0) is 24.6 Å². The van der Waals surface area contributed by atoms with Gasteiger partial charge in [0.25, 0.3) is 0 Å². The molecule has 1 aliphatic carbocycles. The number of aryl methyl sites for hydroxylation is 1. The fourth-order valence-corrected chi connectivity index (χ4v) is 4.95. The average molecular weight is 300 g/mol. The van der Waals surface area contributed by atoms with E-state index in [1.807, 2.05) is 37.3 Å². The van der Waals surface area contributed by atoms with Crippen molar-refractivity contribution in [3.8, 4) is 0 Å². The van der Waals surface area contributed by atoms with Crippen LogP contribution in [0.1, 0.15) is 17.0 Å². The molecule has 3 atom stereocenters. The number of hydrogen-bond acceptors (Lipinski definition) is 3.